The first-order valence-corrected chi connectivity index (χ1v) is 6.61. The summed E-state index contributed by atoms with van der Waals surface area (Å²) in [6.45, 7) is 6.62. The molecule has 0 aliphatic heterocycles. The van der Waals surface area contributed by atoms with Crippen LogP contribution in [0.15, 0.2) is 16.7 Å². The smallest absolute Gasteiger partial charge is 0.129 e. The second kappa shape index (κ2) is 6.22. The molecule has 0 saturated heterocycles. The molecule has 0 spiro atoms. The van der Waals surface area contributed by atoms with Crippen molar-refractivity contribution in [2.45, 2.75) is 52.3 Å². The van der Waals surface area contributed by atoms with Crippen molar-refractivity contribution in [1.82, 2.24) is 5.32 Å². The predicted octanol–water partition coefficient (Wildman–Crippen LogP) is 3.09. The van der Waals surface area contributed by atoms with E-state index in [2.05, 4.69) is 25.2 Å². The molecule has 0 amide bonds. The maximum atomic E-state index is 5.60. The molecule has 0 aromatic carbocycles. The van der Waals surface area contributed by atoms with Crippen LogP contribution in [-0.2, 0) is 17.9 Å². The van der Waals surface area contributed by atoms with Crippen molar-refractivity contribution in [2.24, 2.45) is 5.92 Å². The van der Waals surface area contributed by atoms with Crippen molar-refractivity contribution >= 4 is 0 Å². The van der Waals surface area contributed by atoms with Crippen molar-refractivity contribution < 1.29 is 9.15 Å². The van der Waals surface area contributed by atoms with Gasteiger partial charge in [0, 0.05) is 24.8 Å². The summed E-state index contributed by atoms with van der Waals surface area (Å²) < 4.78 is 11.0. The molecule has 1 saturated carbocycles. The Morgan fingerprint density at radius 1 is 1.47 bits per heavy atom. The minimum atomic E-state index is 0.503. The van der Waals surface area contributed by atoms with Crippen LogP contribution < -0.4 is 5.32 Å². The van der Waals surface area contributed by atoms with E-state index >= 15 is 0 Å². The molecule has 1 heterocycles. The molecule has 96 valence electrons. The van der Waals surface area contributed by atoms with Crippen molar-refractivity contribution in [3.63, 3.8) is 0 Å². The molecule has 0 bridgehead atoms. The molecule has 0 atom stereocenters. The first-order valence-electron chi connectivity index (χ1n) is 6.61. The second-order valence-corrected chi connectivity index (χ2v) is 5.24. The molecular weight excluding hydrogens is 214 g/mol. The first-order chi connectivity index (χ1) is 8.24. The largest absolute Gasteiger partial charge is 0.467 e. The lowest BCUT2D eigenvalue weighted by molar-refractivity contribution is 0.101. The Labute approximate surface area is 104 Å². The fourth-order valence-corrected chi connectivity index (χ4v) is 1.75. The van der Waals surface area contributed by atoms with Crippen LogP contribution in [0.1, 0.15) is 44.4 Å². The Kier molecular flexibility index (Phi) is 4.63. The van der Waals surface area contributed by atoms with E-state index in [0.29, 0.717) is 12.6 Å². The third-order valence-electron chi connectivity index (χ3n) is 3.03. The molecule has 0 radical (unpaired) electrons. The van der Waals surface area contributed by atoms with Gasteiger partial charge in [0.05, 0.1) is 6.26 Å². The number of ether oxygens (including phenoxy) is 1. The van der Waals surface area contributed by atoms with Gasteiger partial charge in [0.25, 0.3) is 0 Å². The molecule has 1 aromatic heterocycles. The molecule has 0 unspecified atom stereocenters. The molecule has 17 heavy (non-hydrogen) atoms. The standard InChI is InChI=1S/C14H23NO2/c1-11(2)15-8-13-7-14(17-9-13)10-16-6-5-12-3-4-12/h7,9,11-12,15H,3-6,8,10H2,1-2H3. The van der Waals surface area contributed by atoms with Gasteiger partial charge in [0.2, 0.25) is 0 Å². The Bertz CT molecular complexity index is 329. The van der Waals surface area contributed by atoms with Crippen molar-refractivity contribution in [3.8, 4) is 0 Å². The van der Waals surface area contributed by atoms with Gasteiger partial charge >= 0.3 is 0 Å². The zero-order chi connectivity index (χ0) is 12.1. The SMILES string of the molecule is CC(C)NCc1coc(COCCC2CC2)c1. The third kappa shape index (κ3) is 4.92. The van der Waals surface area contributed by atoms with E-state index in [-0.39, 0.29) is 0 Å². The van der Waals surface area contributed by atoms with E-state index in [0.717, 1.165) is 24.8 Å². The van der Waals surface area contributed by atoms with Crippen molar-refractivity contribution in [3.05, 3.63) is 23.7 Å². The molecule has 3 nitrogen and oxygen atoms in total. The number of nitrogens with one attached hydrogen (secondary N) is 1. The number of hydrogen-bond donors (Lipinski definition) is 1. The summed E-state index contributed by atoms with van der Waals surface area (Å²) in [5, 5.41) is 3.36. The molecule has 2 rings (SSSR count). The Hall–Kier alpha value is -0.800. The highest BCUT2D eigenvalue weighted by molar-refractivity contribution is 5.12. The number of hydrogen-bond acceptors (Lipinski definition) is 3. The van der Waals surface area contributed by atoms with Crippen LogP contribution in [0.5, 0.6) is 0 Å². The minimum absolute atomic E-state index is 0.503. The Balaban J connectivity index is 1.62. The molecule has 1 N–H and O–H groups in total. The van der Waals surface area contributed by atoms with Gasteiger partial charge in [-0.05, 0) is 18.4 Å². The summed E-state index contributed by atoms with van der Waals surface area (Å²) >= 11 is 0. The van der Waals surface area contributed by atoms with E-state index in [1.165, 1.54) is 24.8 Å². The van der Waals surface area contributed by atoms with Crippen LogP contribution in [0.25, 0.3) is 0 Å². The summed E-state index contributed by atoms with van der Waals surface area (Å²) in [4.78, 5) is 0. The van der Waals surface area contributed by atoms with E-state index in [1.54, 1.807) is 0 Å². The van der Waals surface area contributed by atoms with Crippen LogP contribution >= 0.6 is 0 Å². The highest BCUT2D eigenvalue weighted by Crippen LogP contribution is 2.32. The third-order valence-corrected chi connectivity index (χ3v) is 3.03. The van der Waals surface area contributed by atoms with Crippen LogP contribution in [-0.4, -0.2) is 12.6 Å². The fourth-order valence-electron chi connectivity index (χ4n) is 1.75. The van der Waals surface area contributed by atoms with Gasteiger partial charge in [0.15, 0.2) is 0 Å². The summed E-state index contributed by atoms with van der Waals surface area (Å²) in [7, 11) is 0. The average molecular weight is 237 g/mol. The minimum Gasteiger partial charge on any atom is -0.467 e. The monoisotopic (exact) mass is 237 g/mol. The lowest BCUT2D eigenvalue weighted by Crippen LogP contribution is -2.21. The van der Waals surface area contributed by atoms with Crippen molar-refractivity contribution in [2.75, 3.05) is 6.61 Å². The van der Waals surface area contributed by atoms with E-state index in [9.17, 15) is 0 Å². The quantitative estimate of drug-likeness (QED) is 0.705. The van der Waals surface area contributed by atoms with Gasteiger partial charge in [-0.3, -0.25) is 0 Å². The fraction of sp³-hybridized carbons (Fsp3) is 0.714. The Morgan fingerprint density at radius 3 is 3.00 bits per heavy atom. The summed E-state index contributed by atoms with van der Waals surface area (Å²) in [6, 6.07) is 2.58. The van der Waals surface area contributed by atoms with Crippen LogP contribution in [0.3, 0.4) is 0 Å². The van der Waals surface area contributed by atoms with Crippen LogP contribution in [0.4, 0.5) is 0 Å². The van der Waals surface area contributed by atoms with Gasteiger partial charge in [-0.1, -0.05) is 26.7 Å². The molecule has 3 heteroatoms. The molecule has 1 aromatic rings. The van der Waals surface area contributed by atoms with Gasteiger partial charge in [0.1, 0.15) is 12.4 Å². The maximum absolute atomic E-state index is 5.60. The number of furan rings is 1. The summed E-state index contributed by atoms with van der Waals surface area (Å²) in [5.74, 6) is 1.87. The topological polar surface area (TPSA) is 34.4 Å². The highest BCUT2D eigenvalue weighted by Gasteiger charge is 2.20. The van der Waals surface area contributed by atoms with E-state index < -0.39 is 0 Å². The van der Waals surface area contributed by atoms with Crippen LogP contribution in [0.2, 0.25) is 0 Å². The summed E-state index contributed by atoms with van der Waals surface area (Å²) in [6.07, 6.45) is 5.82. The normalized spacial score (nSPS) is 15.7. The molecular formula is C14H23NO2. The second-order valence-electron chi connectivity index (χ2n) is 5.24. The molecule has 1 aliphatic rings. The first kappa shape index (κ1) is 12.7. The van der Waals surface area contributed by atoms with Gasteiger partial charge < -0.3 is 14.5 Å². The zero-order valence-corrected chi connectivity index (χ0v) is 10.9. The van der Waals surface area contributed by atoms with E-state index in [4.69, 9.17) is 9.15 Å². The number of rotatable bonds is 8. The lowest BCUT2D eigenvalue weighted by Gasteiger charge is -2.04. The molecule has 1 fully saturated rings. The average Bonchev–Trinajstić information content (AvgIpc) is 3.01. The van der Waals surface area contributed by atoms with E-state index in [1.807, 2.05) is 6.26 Å². The predicted molar refractivity (Wildman–Crippen MR) is 67.7 cm³/mol. The summed E-state index contributed by atoms with van der Waals surface area (Å²) in [5.41, 5.74) is 1.19. The zero-order valence-electron chi connectivity index (χ0n) is 10.9. The van der Waals surface area contributed by atoms with Gasteiger partial charge in [-0.2, -0.15) is 0 Å². The maximum Gasteiger partial charge on any atom is 0.129 e. The lowest BCUT2D eigenvalue weighted by atomic mass is 10.3. The Morgan fingerprint density at radius 2 is 2.29 bits per heavy atom. The van der Waals surface area contributed by atoms with Gasteiger partial charge in [-0.15, -0.1) is 0 Å². The van der Waals surface area contributed by atoms with Crippen LogP contribution in [0, 0.1) is 5.92 Å². The van der Waals surface area contributed by atoms with Crippen molar-refractivity contribution in [1.29, 1.82) is 0 Å². The van der Waals surface area contributed by atoms with Gasteiger partial charge in [-0.25, -0.2) is 0 Å². The molecule has 1 aliphatic carbocycles. The highest BCUT2D eigenvalue weighted by atomic mass is 16.5.